The van der Waals surface area contributed by atoms with E-state index in [1.54, 1.807) is 0 Å². The van der Waals surface area contributed by atoms with E-state index in [9.17, 15) is 0 Å². The van der Waals surface area contributed by atoms with Gasteiger partial charge in [-0.3, -0.25) is 9.80 Å². The molecule has 94 valence electrons. The molecule has 2 unspecified atom stereocenters. The minimum Gasteiger partial charge on any atom is -0.298 e. The molecule has 1 aliphatic carbocycles. The van der Waals surface area contributed by atoms with Crippen LogP contribution in [-0.2, 0) is 0 Å². The van der Waals surface area contributed by atoms with Crippen molar-refractivity contribution in [3.8, 4) is 0 Å². The number of hydrogen-bond donors (Lipinski definition) is 0. The summed E-state index contributed by atoms with van der Waals surface area (Å²) in [7, 11) is 0. The Bertz CT molecular complexity index is 207. The van der Waals surface area contributed by atoms with Gasteiger partial charge in [0, 0.05) is 38.3 Å². The molecule has 2 atom stereocenters. The van der Waals surface area contributed by atoms with Crippen molar-refractivity contribution in [2.24, 2.45) is 5.92 Å². The van der Waals surface area contributed by atoms with Gasteiger partial charge in [-0.15, -0.1) is 0 Å². The third-order valence-electron chi connectivity index (χ3n) is 4.50. The molecule has 0 aromatic carbocycles. The van der Waals surface area contributed by atoms with E-state index in [1.165, 1.54) is 51.9 Å². The molecular formula is C14H28N2. The molecule has 16 heavy (non-hydrogen) atoms. The molecule has 1 heterocycles. The second kappa shape index (κ2) is 5.50. The predicted molar refractivity (Wildman–Crippen MR) is 69.7 cm³/mol. The first-order valence-corrected chi connectivity index (χ1v) is 7.15. The lowest BCUT2D eigenvalue weighted by molar-refractivity contribution is 0.0561. The number of rotatable bonds is 2. The van der Waals surface area contributed by atoms with Gasteiger partial charge in [-0.05, 0) is 32.6 Å². The predicted octanol–water partition coefficient (Wildman–Crippen LogP) is 2.59. The fourth-order valence-corrected chi connectivity index (χ4v) is 3.35. The smallest absolute Gasteiger partial charge is 0.0113 e. The van der Waals surface area contributed by atoms with Crippen LogP contribution < -0.4 is 0 Å². The Balaban J connectivity index is 1.79. The molecule has 2 rings (SSSR count). The van der Waals surface area contributed by atoms with E-state index in [-0.39, 0.29) is 0 Å². The van der Waals surface area contributed by atoms with Crippen molar-refractivity contribution in [3.05, 3.63) is 0 Å². The molecule has 0 aromatic rings. The van der Waals surface area contributed by atoms with Crippen LogP contribution in [0.25, 0.3) is 0 Å². The van der Waals surface area contributed by atoms with Crippen LogP contribution in [0.15, 0.2) is 0 Å². The van der Waals surface area contributed by atoms with Gasteiger partial charge >= 0.3 is 0 Å². The molecule has 2 fully saturated rings. The van der Waals surface area contributed by atoms with E-state index in [0.29, 0.717) is 0 Å². The monoisotopic (exact) mass is 224 g/mol. The molecule has 2 heteroatoms. The van der Waals surface area contributed by atoms with Gasteiger partial charge in [0.15, 0.2) is 0 Å². The Kier molecular flexibility index (Phi) is 4.26. The summed E-state index contributed by atoms with van der Waals surface area (Å²) in [4.78, 5) is 5.37. The van der Waals surface area contributed by atoms with Crippen LogP contribution in [0.3, 0.4) is 0 Å². The van der Waals surface area contributed by atoms with Gasteiger partial charge in [-0.25, -0.2) is 0 Å². The molecule has 1 saturated heterocycles. The summed E-state index contributed by atoms with van der Waals surface area (Å²) in [6.45, 7) is 12.2. The van der Waals surface area contributed by atoms with Gasteiger partial charge in [-0.1, -0.05) is 19.8 Å². The number of nitrogens with zero attached hydrogens (tertiary/aromatic N) is 2. The number of hydrogen-bond acceptors (Lipinski definition) is 2. The molecule has 0 N–H and O–H groups in total. The van der Waals surface area contributed by atoms with E-state index < -0.39 is 0 Å². The average Bonchev–Trinajstić information content (AvgIpc) is 2.29. The first kappa shape index (κ1) is 12.4. The Hall–Kier alpha value is -0.0800. The summed E-state index contributed by atoms with van der Waals surface area (Å²) in [5.41, 5.74) is 0. The van der Waals surface area contributed by atoms with Gasteiger partial charge in [0.05, 0.1) is 0 Å². The third kappa shape index (κ3) is 2.98. The van der Waals surface area contributed by atoms with Crippen molar-refractivity contribution in [1.82, 2.24) is 9.80 Å². The molecule has 2 nitrogen and oxygen atoms in total. The van der Waals surface area contributed by atoms with E-state index in [0.717, 1.165) is 18.0 Å². The SMILES string of the molecule is CC1CCCC(N2CCN(C(C)C)CC2)C1. The highest BCUT2D eigenvalue weighted by atomic mass is 15.3. The largest absolute Gasteiger partial charge is 0.298 e. The molecule has 0 bridgehead atoms. The zero-order chi connectivity index (χ0) is 11.5. The summed E-state index contributed by atoms with van der Waals surface area (Å²) in [6.07, 6.45) is 5.81. The molecule has 2 aliphatic rings. The van der Waals surface area contributed by atoms with Gasteiger partial charge in [0.2, 0.25) is 0 Å². The van der Waals surface area contributed by atoms with Crippen molar-refractivity contribution in [2.45, 2.75) is 58.5 Å². The second-order valence-corrected chi connectivity index (χ2v) is 6.09. The maximum atomic E-state index is 2.76. The van der Waals surface area contributed by atoms with Gasteiger partial charge in [0.1, 0.15) is 0 Å². The minimum atomic E-state index is 0.729. The maximum absolute atomic E-state index is 2.76. The molecule has 0 radical (unpaired) electrons. The molecule has 0 aromatic heterocycles. The van der Waals surface area contributed by atoms with Crippen LogP contribution in [0.2, 0.25) is 0 Å². The van der Waals surface area contributed by atoms with Gasteiger partial charge in [-0.2, -0.15) is 0 Å². The summed E-state index contributed by atoms with van der Waals surface area (Å²) >= 11 is 0. The molecule has 1 aliphatic heterocycles. The minimum absolute atomic E-state index is 0.729. The highest BCUT2D eigenvalue weighted by Crippen LogP contribution is 2.27. The fraction of sp³-hybridized carbons (Fsp3) is 1.00. The highest BCUT2D eigenvalue weighted by Gasteiger charge is 2.27. The second-order valence-electron chi connectivity index (χ2n) is 6.09. The van der Waals surface area contributed by atoms with Crippen LogP contribution in [0, 0.1) is 5.92 Å². The van der Waals surface area contributed by atoms with Crippen LogP contribution in [0.5, 0.6) is 0 Å². The van der Waals surface area contributed by atoms with Crippen molar-refractivity contribution >= 4 is 0 Å². The number of piperazine rings is 1. The van der Waals surface area contributed by atoms with Crippen molar-refractivity contribution in [2.75, 3.05) is 26.2 Å². The highest BCUT2D eigenvalue weighted by molar-refractivity contribution is 4.83. The van der Waals surface area contributed by atoms with Gasteiger partial charge in [0.25, 0.3) is 0 Å². The Morgan fingerprint density at radius 2 is 1.69 bits per heavy atom. The average molecular weight is 224 g/mol. The summed E-state index contributed by atoms with van der Waals surface area (Å²) in [6, 6.07) is 1.63. The fourth-order valence-electron chi connectivity index (χ4n) is 3.35. The van der Waals surface area contributed by atoms with Crippen molar-refractivity contribution < 1.29 is 0 Å². The molecular weight excluding hydrogens is 196 g/mol. The van der Waals surface area contributed by atoms with Crippen LogP contribution in [0.4, 0.5) is 0 Å². The zero-order valence-corrected chi connectivity index (χ0v) is 11.3. The summed E-state index contributed by atoms with van der Waals surface area (Å²) < 4.78 is 0. The normalized spacial score (nSPS) is 34.5. The standard InChI is InChI=1S/C14H28N2/c1-12(2)15-7-9-16(10-8-15)14-6-4-5-13(3)11-14/h12-14H,4-11H2,1-3H3. The lowest BCUT2D eigenvalue weighted by Gasteiger charge is -2.43. The third-order valence-corrected chi connectivity index (χ3v) is 4.50. The molecule has 0 amide bonds. The van der Waals surface area contributed by atoms with Crippen LogP contribution in [0.1, 0.15) is 46.5 Å². The Morgan fingerprint density at radius 1 is 1.00 bits per heavy atom. The van der Waals surface area contributed by atoms with Crippen molar-refractivity contribution in [1.29, 1.82) is 0 Å². The first-order chi connectivity index (χ1) is 7.66. The summed E-state index contributed by atoms with van der Waals surface area (Å²) in [5.74, 6) is 0.960. The Labute approximate surface area is 101 Å². The topological polar surface area (TPSA) is 6.48 Å². The van der Waals surface area contributed by atoms with E-state index >= 15 is 0 Å². The molecule has 1 saturated carbocycles. The van der Waals surface area contributed by atoms with E-state index in [2.05, 4.69) is 30.6 Å². The van der Waals surface area contributed by atoms with E-state index in [4.69, 9.17) is 0 Å². The Morgan fingerprint density at radius 3 is 2.25 bits per heavy atom. The van der Waals surface area contributed by atoms with Gasteiger partial charge < -0.3 is 0 Å². The first-order valence-electron chi connectivity index (χ1n) is 7.15. The quantitative estimate of drug-likeness (QED) is 0.711. The maximum Gasteiger partial charge on any atom is 0.0113 e. The summed E-state index contributed by atoms with van der Waals surface area (Å²) in [5, 5.41) is 0. The van der Waals surface area contributed by atoms with Crippen LogP contribution >= 0.6 is 0 Å². The van der Waals surface area contributed by atoms with Crippen molar-refractivity contribution in [3.63, 3.8) is 0 Å². The lowest BCUT2D eigenvalue weighted by Crippen LogP contribution is -2.52. The lowest BCUT2D eigenvalue weighted by atomic mass is 9.86. The van der Waals surface area contributed by atoms with E-state index in [1.807, 2.05) is 0 Å². The zero-order valence-electron chi connectivity index (χ0n) is 11.3. The molecule has 0 spiro atoms. The van der Waals surface area contributed by atoms with Crippen LogP contribution in [-0.4, -0.2) is 48.1 Å².